The Morgan fingerprint density at radius 3 is 2.52 bits per heavy atom. The van der Waals surface area contributed by atoms with Crippen LogP contribution in [0.2, 0.25) is 0 Å². The molecule has 0 spiro atoms. The average molecular weight is 307 g/mol. The Bertz CT molecular complexity index is 714. The number of aryl methyl sites for hydroxylation is 2. The maximum atomic E-state index is 6.39. The predicted octanol–water partition coefficient (Wildman–Crippen LogP) is 4.34. The summed E-state index contributed by atoms with van der Waals surface area (Å²) in [6.07, 6.45) is 3.53. The van der Waals surface area contributed by atoms with Gasteiger partial charge in [-0.1, -0.05) is 29.8 Å². The molecule has 120 valence electrons. The molecule has 0 fully saturated rings. The summed E-state index contributed by atoms with van der Waals surface area (Å²) < 4.78 is 0. The van der Waals surface area contributed by atoms with E-state index >= 15 is 0 Å². The highest BCUT2D eigenvalue weighted by Crippen LogP contribution is 2.32. The lowest BCUT2D eigenvalue weighted by molar-refractivity contribution is 0.796. The fourth-order valence-corrected chi connectivity index (χ4v) is 3.30. The Labute approximate surface area is 138 Å². The summed E-state index contributed by atoms with van der Waals surface area (Å²) in [5.41, 5.74) is 12.6. The summed E-state index contributed by atoms with van der Waals surface area (Å²) in [6, 6.07) is 14.9. The van der Waals surface area contributed by atoms with Crippen LogP contribution in [0.15, 0.2) is 47.5 Å². The van der Waals surface area contributed by atoms with Gasteiger partial charge in [0.2, 0.25) is 5.96 Å². The van der Waals surface area contributed by atoms with E-state index in [9.17, 15) is 0 Å². The van der Waals surface area contributed by atoms with E-state index in [4.69, 9.17) is 5.73 Å². The molecule has 23 heavy (non-hydrogen) atoms. The van der Waals surface area contributed by atoms with Crippen LogP contribution in [0.1, 0.15) is 37.0 Å². The van der Waals surface area contributed by atoms with Crippen LogP contribution in [0.25, 0.3) is 0 Å². The van der Waals surface area contributed by atoms with Gasteiger partial charge in [0.1, 0.15) is 0 Å². The first-order valence-electron chi connectivity index (χ1n) is 8.37. The molecule has 2 aromatic rings. The minimum Gasteiger partial charge on any atom is -0.369 e. The minimum absolute atomic E-state index is 0.260. The number of guanidine groups is 1. The van der Waals surface area contributed by atoms with E-state index in [0.29, 0.717) is 5.96 Å². The molecule has 0 aliphatic heterocycles. The van der Waals surface area contributed by atoms with Gasteiger partial charge in [0, 0.05) is 11.7 Å². The van der Waals surface area contributed by atoms with E-state index in [1.165, 1.54) is 35.2 Å². The number of nitrogens with zero attached hydrogens (tertiary/aromatic N) is 2. The number of rotatable bonds is 3. The van der Waals surface area contributed by atoms with Crippen LogP contribution < -0.4 is 10.6 Å². The van der Waals surface area contributed by atoms with Gasteiger partial charge in [0.05, 0.1) is 5.69 Å². The second-order valence-corrected chi connectivity index (χ2v) is 6.54. The topological polar surface area (TPSA) is 41.6 Å². The molecule has 0 heterocycles. The van der Waals surface area contributed by atoms with Gasteiger partial charge in [-0.25, -0.2) is 4.99 Å². The van der Waals surface area contributed by atoms with Crippen molar-refractivity contribution in [2.75, 3.05) is 4.90 Å². The standard InChI is InChI=1S/C20H25N3/c1-14(2)23(19-9-5-7-16-6-4-8-18(16)19)20(21)22-17-12-10-15(3)11-13-17/h5,7,9-14H,4,6,8H2,1-3H3,(H2,21,22). The van der Waals surface area contributed by atoms with E-state index in [0.717, 1.165) is 12.1 Å². The van der Waals surface area contributed by atoms with E-state index in [1.54, 1.807) is 0 Å². The first-order chi connectivity index (χ1) is 11.1. The number of hydrogen-bond acceptors (Lipinski definition) is 1. The first kappa shape index (κ1) is 15.6. The lowest BCUT2D eigenvalue weighted by atomic mass is 10.1. The van der Waals surface area contributed by atoms with E-state index in [2.05, 4.69) is 61.0 Å². The third-order valence-corrected chi connectivity index (χ3v) is 4.42. The van der Waals surface area contributed by atoms with Crippen LogP contribution in [0.5, 0.6) is 0 Å². The Hall–Kier alpha value is -2.29. The van der Waals surface area contributed by atoms with Crippen molar-refractivity contribution < 1.29 is 0 Å². The van der Waals surface area contributed by atoms with E-state index in [-0.39, 0.29) is 6.04 Å². The second-order valence-electron chi connectivity index (χ2n) is 6.54. The Morgan fingerprint density at radius 1 is 1.09 bits per heavy atom. The molecule has 0 bridgehead atoms. The highest BCUT2D eigenvalue weighted by molar-refractivity contribution is 5.97. The minimum atomic E-state index is 0.260. The summed E-state index contributed by atoms with van der Waals surface area (Å²) in [4.78, 5) is 6.80. The lowest BCUT2D eigenvalue weighted by Crippen LogP contribution is -2.42. The predicted molar refractivity (Wildman–Crippen MR) is 98.5 cm³/mol. The fraction of sp³-hybridized carbons (Fsp3) is 0.350. The van der Waals surface area contributed by atoms with E-state index < -0.39 is 0 Å². The molecule has 3 rings (SSSR count). The molecule has 0 saturated heterocycles. The zero-order valence-corrected chi connectivity index (χ0v) is 14.2. The fourth-order valence-electron chi connectivity index (χ4n) is 3.30. The van der Waals surface area contributed by atoms with Crippen LogP contribution in [0.3, 0.4) is 0 Å². The van der Waals surface area contributed by atoms with Gasteiger partial charge in [-0.2, -0.15) is 0 Å². The van der Waals surface area contributed by atoms with Crippen molar-refractivity contribution in [2.45, 2.75) is 46.1 Å². The summed E-state index contributed by atoms with van der Waals surface area (Å²) >= 11 is 0. The molecule has 0 saturated carbocycles. The van der Waals surface area contributed by atoms with Crippen LogP contribution >= 0.6 is 0 Å². The molecule has 2 N–H and O–H groups in total. The number of fused-ring (bicyclic) bond motifs is 1. The molecule has 3 heteroatoms. The molecule has 2 aromatic carbocycles. The third-order valence-electron chi connectivity index (χ3n) is 4.42. The van der Waals surface area contributed by atoms with Crippen molar-refractivity contribution in [3.63, 3.8) is 0 Å². The van der Waals surface area contributed by atoms with Gasteiger partial charge in [-0.05, 0) is 69.4 Å². The Morgan fingerprint density at radius 2 is 1.83 bits per heavy atom. The Kier molecular flexibility index (Phi) is 4.37. The molecule has 0 unspecified atom stereocenters. The maximum Gasteiger partial charge on any atom is 0.201 e. The summed E-state index contributed by atoms with van der Waals surface area (Å²) in [7, 11) is 0. The van der Waals surface area contributed by atoms with Crippen LogP contribution in [-0.4, -0.2) is 12.0 Å². The first-order valence-corrected chi connectivity index (χ1v) is 8.37. The smallest absolute Gasteiger partial charge is 0.201 e. The lowest BCUT2D eigenvalue weighted by Gasteiger charge is -2.30. The van der Waals surface area contributed by atoms with Gasteiger partial charge in [-0.15, -0.1) is 0 Å². The molecule has 0 radical (unpaired) electrons. The van der Waals surface area contributed by atoms with Crippen LogP contribution in [0.4, 0.5) is 11.4 Å². The number of anilines is 1. The largest absolute Gasteiger partial charge is 0.369 e. The van der Waals surface area contributed by atoms with Gasteiger partial charge in [0.25, 0.3) is 0 Å². The van der Waals surface area contributed by atoms with Gasteiger partial charge in [-0.3, -0.25) is 0 Å². The van der Waals surface area contributed by atoms with Crippen molar-refractivity contribution >= 4 is 17.3 Å². The van der Waals surface area contributed by atoms with Crippen molar-refractivity contribution in [1.29, 1.82) is 0 Å². The highest BCUT2D eigenvalue weighted by atomic mass is 15.3. The molecule has 1 aliphatic rings. The average Bonchev–Trinajstić information content (AvgIpc) is 2.99. The zero-order valence-electron chi connectivity index (χ0n) is 14.2. The normalized spacial score (nSPS) is 14.2. The molecular formula is C20H25N3. The highest BCUT2D eigenvalue weighted by Gasteiger charge is 2.22. The zero-order chi connectivity index (χ0) is 16.4. The summed E-state index contributed by atoms with van der Waals surface area (Å²) in [5.74, 6) is 0.559. The van der Waals surface area contributed by atoms with Gasteiger partial charge < -0.3 is 10.6 Å². The second kappa shape index (κ2) is 6.45. The van der Waals surface area contributed by atoms with Crippen molar-refractivity contribution in [3.05, 3.63) is 59.2 Å². The number of benzene rings is 2. The summed E-state index contributed by atoms with van der Waals surface area (Å²) in [6.45, 7) is 6.39. The quantitative estimate of drug-likeness (QED) is 0.677. The van der Waals surface area contributed by atoms with Crippen LogP contribution in [0, 0.1) is 6.92 Å². The number of aliphatic imine (C=N–C) groups is 1. The van der Waals surface area contributed by atoms with Crippen LogP contribution in [-0.2, 0) is 12.8 Å². The van der Waals surface area contributed by atoms with Gasteiger partial charge in [0.15, 0.2) is 0 Å². The molecule has 3 nitrogen and oxygen atoms in total. The Balaban J connectivity index is 1.99. The molecule has 1 aliphatic carbocycles. The van der Waals surface area contributed by atoms with Crippen molar-refractivity contribution in [3.8, 4) is 0 Å². The van der Waals surface area contributed by atoms with Crippen molar-refractivity contribution in [1.82, 2.24) is 0 Å². The van der Waals surface area contributed by atoms with Gasteiger partial charge >= 0.3 is 0 Å². The monoisotopic (exact) mass is 307 g/mol. The molecule has 0 atom stereocenters. The molecule has 0 amide bonds. The maximum absolute atomic E-state index is 6.39. The number of nitrogens with two attached hydrogens (primary N) is 1. The van der Waals surface area contributed by atoms with E-state index in [1.807, 2.05) is 12.1 Å². The SMILES string of the molecule is Cc1ccc(N=C(N)N(c2cccc3c2CCC3)C(C)C)cc1. The number of hydrogen-bond donors (Lipinski definition) is 1. The molecular weight excluding hydrogens is 282 g/mol. The summed E-state index contributed by atoms with van der Waals surface area (Å²) in [5, 5.41) is 0. The third kappa shape index (κ3) is 3.24. The van der Waals surface area contributed by atoms with Crippen molar-refractivity contribution in [2.24, 2.45) is 10.7 Å². The molecule has 0 aromatic heterocycles.